The lowest BCUT2D eigenvalue weighted by Gasteiger charge is -2.09. The summed E-state index contributed by atoms with van der Waals surface area (Å²) in [5.41, 5.74) is 4.22. The van der Waals surface area contributed by atoms with Gasteiger partial charge in [0, 0.05) is 5.56 Å². The molecular formula is C13H16FN3O5. The summed E-state index contributed by atoms with van der Waals surface area (Å²) in [5.74, 6) is -1.99. The summed E-state index contributed by atoms with van der Waals surface area (Å²) >= 11 is 0. The van der Waals surface area contributed by atoms with Crippen molar-refractivity contribution in [3.8, 4) is 5.75 Å². The summed E-state index contributed by atoms with van der Waals surface area (Å²) in [6.07, 6.45) is 0. The van der Waals surface area contributed by atoms with Crippen LogP contribution >= 0.6 is 0 Å². The fourth-order valence-corrected chi connectivity index (χ4v) is 1.40. The Morgan fingerprint density at radius 3 is 2.59 bits per heavy atom. The molecule has 0 aliphatic heterocycles. The highest BCUT2D eigenvalue weighted by Crippen LogP contribution is 2.17. The smallest absolute Gasteiger partial charge is 0.333 e. The second-order valence-corrected chi connectivity index (χ2v) is 3.92. The zero-order valence-electron chi connectivity index (χ0n) is 12.1. The molecule has 0 aliphatic rings. The number of carbonyl (C=O) groups is 3. The van der Waals surface area contributed by atoms with E-state index in [2.05, 4.69) is 15.5 Å². The maximum Gasteiger partial charge on any atom is 0.333 e. The van der Waals surface area contributed by atoms with Crippen LogP contribution in [0.2, 0.25) is 0 Å². The van der Waals surface area contributed by atoms with Crippen molar-refractivity contribution >= 4 is 17.9 Å². The fourth-order valence-electron chi connectivity index (χ4n) is 1.40. The zero-order valence-corrected chi connectivity index (χ0v) is 12.1. The van der Waals surface area contributed by atoms with Gasteiger partial charge in [0.1, 0.15) is 6.54 Å². The topological polar surface area (TPSA) is 106 Å². The monoisotopic (exact) mass is 313 g/mol. The molecule has 0 bridgehead atoms. The average Bonchev–Trinajstić information content (AvgIpc) is 2.51. The molecule has 22 heavy (non-hydrogen) atoms. The molecule has 9 heteroatoms. The third-order valence-electron chi connectivity index (χ3n) is 2.40. The molecule has 0 aliphatic carbocycles. The summed E-state index contributed by atoms with van der Waals surface area (Å²) in [6, 6.07) is 2.68. The summed E-state index contributed by atoms with van der Waals surface area (Å²) in [5, 5.41) is 2.18. The molecule has 3 amide bonds. The van der Waals surface area contributed by atoms with E-state index < -0.39 is 23.7 Å². The van der Waals surface area contributed by atoms with Crippen LogP contribution in [-0.2, 0) is 9.53 Å². The molecule has 0 spiro atoms. The second-order valence-electron chi connectivity index (χ2n) is 3.92. The molecule has 0 unspecified atom stereocenters. The van der Waals surface area contributed by atoms with Crippen LogP contribution in [0.5, 0.6) is 5.75 Å². The maximum atomic E-state index is 13.2. The highest BCUT2D eigenvalue weighted by Gasteiger charge is 2.11. The standard InChI is InChI=1S/C13H16FN3O5/c1-3-22-11(18)7-15-13(20)17-16-12(19)8-4-5-9(14)10(6-8)21-2/h4-6H,3,7H2,1-2H3,(H,16,19)(H2,15,17,20). The SMILES string of the molecule is CCOC(=O)CNC(=O)NNC(=O)c1ccc(F)c(OC)c1. The van der Waals surface area contributed by atoms with E-state index in [4.69, 9.17) is 4.74 Å². The third-order valence-corrected chi connectivity index (χ3v) is 2.40. The summed E-state index contributed by atoms with van der Waals surface area (Å²) in [4.78, 5) is 34.1. The summed E-state index contributed by atoms with van der Waals surface area (Å²) < 4.78 is 22.6. The molecule has 0 aromatic heterocycles. The normalized spacial score (nSPS) is 9.59. The van der Waals surface area contributed by atoms with E-state index >= 15 is 0 Å². The van der Waals surface area contributed by atoms with Crippen LogP contribution in [0, 0.1) is 5.82 Å². The van der Waals surface area contributed by atoms with Gasteiger partial charge >= 0.3 is 12.0 Å². The lowest BCUT2D eigenvalue weighted by molar-refractivity contribution is -0.141. The molecule has 0 heterocycles. The number of methoxy groups -OCH3 is 1. The van der Waals surface area contributed by atoms with Gasteiger partial charge in [0.15, 0.2) is 11.6 Å². The summed E-state index contributed by atoms with van der Waals surface area (Å²) in [6.45, 7) is 1.50. The van der Waals surface area contributed by atoms with Crippen molar-refractivity contribution in [2.24, 2.45) is 0 Å². The lowest BCUT2D eigenvalue weighted by atomic mass is 10.2. The van der Waals surface area contributed by atoms with Gasteiger partial charge in [0.2, 0.25) is 0 Å². The Kier molecular flexibility index (Phi) is 6.61. The van der Waals surface area contributed by atoms with E-state index in [0.717, 1.165) is 6.07 Å². The number of ether oxygens (including phenoxy) is 2. The maximum absolute atomic E-state index is 13.2. The molecule has 1 rings (SSSR count). The number of hydrogen-bond acceptors (Lipinski definition) is 5. The first kappa shape index (κ1) is 17.2. The molecule has 1 aromatic carbocycles. The molecule has 8 nitrogen and oxygen atoms in total. The van der Waals surface area contributed by atoms with Crippen molar-refractivity contribution < 1.29 is 28.2 Å². The van der Waals surface area contributed by atoms with E-state index in [1.807, 2.05) is 5.43 Å². The van der Waals surface area contributed by atoms with Gasteiger partial charge in [0.05, 0.1) is 13.7 Å². The second kappa shape index (κ2) is 8.45. The number of rotatable bonds is 5. The van der Waals surface area contributed by atoms with Crippen LogP contribution in [0.25, 0.3) is 0 Å². The minimum atomic E-state index is -0.796. The van der Waals surface area contributed by atoms with Gasteiger partial charge in [-0.3, -0.25) is 15.0 Å². The largest absolute Gasteiger partial charge is 0.494 e. The van der Waals surface area contributed by atoms with E-state index in [0.29, 0.717) is 0 Å². The molecule has 0 saturated heterocycles. The van der Waals surface area contributed by atoms with E-state index in [-0.39, 0.29) is 24.5 Å². The van der Waals surface area contributed by atoms with Crippen molar-refractivity contribution in [3.05, 3.63) is 29.6 Å². The van der Waals surface area contributed by atoms with Crippen LogP contribution in [0.3, 0.4) is 0 Å². The summed E-state index contributed by atoms with van der Waals surface area (Å²) in [7, 11) is 1.27. The predicted molar refractivity (Wildman–Crippen MR) is 73.6 cm³/mol. The first-order valence-electron chi connectivity index (χ1n) is 6.31. The van der Waals surface area contributed by atoms with Crippen molar-refractivity contribution in [3.63, 3.8) is 0 Å². The van der Waals surface area contributed by atoms with Gasteiger partial charge in [-0.2, -0.15) is 0 Å². The van der Waals surface area contributed by atoms with Gasteiger partial charge in [0.25, 0.3) is 5.91 Å². The Labute approximate surface area is 125 Å². The Bertz CT molecular complexity index is 565. The first-order chi connectivity index (χ1) is 10.5. The third kappa shape index (κ3) is 5.27. The van der Waals surface area contributed by atoms with Gasteiger partial charge < -0.3 is 14.8 Å². The van der Waals surface area contributed by atoms with Crippen molar-refractivity contribution in [2.45, 2.75) is 6.92 Å². The number of hydrazine groups is 1. The molecule has 3 N–H and O–H groups in total. The van der Waals surface area contributed by atoms with Crippen molar-refractivity contribution in [1.29, 1.82) is 0 Å². The minimum Gasteiger partial charge on any atom is -0.494 e. The molecule has 0 fully saturated rings. The molecule has 0 saturated carbocycles. The van der Waals surface area contributed by atoms with Gasteiger partial charge in [-0.05, 0) is 25.1 Å². The zero-order chi connectivity index (χ0) is 16.5. The Hall–Kier alpha value is -2.84. The number of hydrogen-bond donors (Lipinski definition) is 3. The average molecular weight is 313 g/mol. The van der Waals surface area contributed by atoms with Gasteiger partial charge in [-0.1, -0.05) is 0 Å². The number of nitrogens with one attached hydrogen (secondary N) is 3. The predicted octanol–water partition coefficient (Wildman–Crippen LogP) is 0.341. The van der Waals surface area contributed by atoms with Crippen molar-refractivity contribution in [1.82, 2.24) is 16.2 Å². The van der Waals surface area contributed by atoms with Crippen LogP contribution in [0.15, 0.2) is 18.2 Å². The molecule has 1 aromatic rings. The lowest BCUT2D eigenvalue weighted by Crippen LogP contribution is -2.48. The number of esters is 1. The minimum absolute atomic E-state index is 0.0870. The van der Waals surface area contributed by atoms with Crippen LogP contribution in [-0.4, -0.2) is 38.2 Å². The van der Waals surface area contributed by atoms with E-state index in [9.17, 15) is 18.8 Å². The molecule has 120 valence electrons. The van der Waals surface area contributed by atoms with Crippen LogP contribution in [0.4, 0.5) is 9.18 Å². The van der Waals surface area contributed by atoms with E-state index in [1.165, 1.54) is 19.2 Å². The Morgan fingerprint density at radius 1 is 1.23 bits per heavy atom. The molecule has 0 atom stereocenters. The van der Waals surface area contributed by atoms with E-state index in [1.54, 1.807) is 6.92 Å². The number of benzene rings is 1. The highest BCUT2D eigenvalue weighted by atomic mass is 19.1. The molecule has 0 radical (unpaired) electrons. The first-order valence-corrected chi connectivity index (χ1v) is 6.31. The van der Waals surface area contributed by atoms with Crippen LogP contribution in [0.1, 0.15) is 17.3 Å². The quantitative estimate of drug-likeness (QED) is 0.537. The number of amides is 3. The number of halogens is 1. The van der Waals surface area contributed by atoms with Gasteiger partial charge in [-0.25, -0.2) is 14.6 Å². The molecular weight excluding hydrogens is 297 g/mol. The Balaban J connectivity index is 2.45. The van der Waals surface area contributed by atoms with Gasteiger partial charge in [-0.15, -0.1) is 0 Å². The number of urea groups is 1. The Morgan fingerprint density at radius 2 is 1.95 bits per heavy atom. The highest BCUT2D eigenvalue weighted by molar-refractivity contribution is 5.95. The van der Waals surface area contributed by atoms with Crippen molar-refractivity contribution in [2.75, 3.05) is 20.3 Å². The number of carbonyl (C=O) groups excluding carboxylic acids is 3. The van der Waals surface area contributed by atoms with Crippen LogP contribution < -0.4 is 20.9 Å². The fraction of sp³-hybridized carbons (Fsp3) is 0.308.